The number of carbonyl (C=O) groups excluding carboxylic acids is 2. The molecule has 0 spiro atoms. The van der Waals surface area contributed by atoms with Gasteiger partial charge in [0.25, 0.3) is 0 Å². The van der Waals surface area contributed by atoms with E-state index in [1.807, 2.05) is 0 Å². The number of aliphatic hydroxyl groups is 13. The van der Waals surface area contributed by atoms with Crippen molar-refractivity contribution in [2.45, 2.75) is 174 Å². The molecule has 65 heavy (non-hydrogen) atoms. The topological polar surface area (TPSA) is 468 Å². The van der Waals surface area contributed by atoms with Crippen LogP contribution in [0, 0.1) is 0 Å². The highest BCUT2D eigenvalue weighted by Gasteiger charge is 2.56. The molecule has 5 saturated heterocycles. The minimum atomic E-state index is -5.13. The summed E-state index contributed by atoms with van der Waals surface area (Å²) >= 11 is 0. The number of nitrogens with one attached hydrogen (secondary N) is 2. The number of hydrogen-bond acceptors (Lipinski definition) is 27. The summed E-state index contributed by atoms with van der Waals surface area (Å²) in [5.41, 5.74) is 0. The Morgan fingerprint density at radius 3 is 1.49 bits per heavy atom. The van der Waals surface area contributed by atoms with E-state index < -0.39 is 202 Å². The van der Waals surface area contributed by atoms with Crippen LogP contribution in [0.25, 0.3) is 0 Å². The molecule has 0 aromatic carbocycles. The summed E-state index contributed by atoms with van der Waals surface area (Å²) in [4.78, 5) is 24.9. The van der Waals surface area contributed by atoms with Crippen molar-refractivity contribution in [1.29, 1.82) is 0 Å². The zero-order valence-electron chi connectivity index (χ0n) is 34.6. The molecule has 5 heterocycles. The van der Waals surface area contributed by atoms with Gasteiger partial charge >= 0.3 is 10.4 Å². The van der Waals surface area contributed by atoms with Crippen LogP contribution in [0.5, 0.6) is 0 Å². The molecular weight excluding hydrogens is 916 g/mol. The molecule has 0 aromatic rings. The predicted octanol–water partition coefficient (Wildman–Crippen LogP) is -10.8. The van der Waals surface area contributed by atoms with Gasteiger partial charge in [-0.15, -0.1) is 0 Å². The highest BCUT2D eigenvalue weighted by Crippen LogP contribution is 2.35. The summed E-state index contributed by atoms with van der Waals surface area (Å²) in [6, 6.07) is -3.34. The summed E-state index contributed by atoms with van der Waals surface area (Å²) < 4.78 is 87.5. The Labute approximate surface area is 368 Å². The van der Waals surface area contributed by atoms with Crippen LogP contribution in [0.4, 0.5) is 0 Å². The van der Waals surface area contributed by atoms with Gasteiger partial charge in [-0.1, -0.05) is 0 Å². The van der Waals surface area contributed by atoms with Crippen LogP contribution < -0.4 is 10.6 Å². The normalized spacial score (nSPS) is 47.5. The van der Waals surface area contributed by atoms with Crippen molar-refractivity contribution in [1.82, 2.24) is 10.6 Å². The van der Waals surface area contributed by atoms with Crippen molar-refractivity contribution in [3.8, 4) is 0 Å². The fourth-order valence-electron chi connectivity index (χ4n) is 7.81. The highest BCUT2D eigenvalue weighted by atomic mass is 32.3. The number of hydrogen-bond donors (Lipinski definition) is 16. The first-order chi connectivity index (χ1) is 30.4. The van der Waals surface area contributed by atoms with E-state index in [-0.39, 0.29) is 0 Å². The molecule has 0 radical (unpaired) electrons. The fraction of sp³-hybridized carbons (Fsp3) is 0.941. The van der Waals surface area contributed by atoms with Crippen LogP contribution in [-0.4, -0.2) is 271 Å². The number of ether oxygens (including phenoxy) is 9. The van der Waals surface area contributed by atoms with Crippen molar-refractivity contribution >= 4 is 22.2 Å². The summed E-state index contributed by atoms with van der Waals surface area (Å²) in [6.07, 6.45) is -42.9. The second-order valence-electron chi connectivity index (χ2n) is 16.0. The summed E-state index contributed by atoms with van der Waals surface area (Å²) in [5, 5.41) is 143. The maximum absolute atomic E-state index is 12.8. The van der Waals surface area contributed by atoms with E-state index in [4.69, 9.17) is 47.2 Å². The quantitative estimate of drug-likeness (QED) is 0.0639. The van der Waals surface area contributed by atoms with E-state index in [0.29, 0.717) is 0 Å². The lowest BCUT2D eigenvalue weighted by molar-refractivity contribution is -0.376. The third-order valence-electron chi connectivity index (χ3n) is 11.3. The van der Waals surface area contributed by atoms with E-state index in [1.54, 1.807) is 0 Å². The SMILES string of the molecule is CC(=O)N[C@@H]1[C@@H](O[C@@H]2O[C@H](CO)[C@H](O)[C@H](O)[C@H]2O)[C@@H](O)[C@@H](CO[C@@H]2O[C@H](CO)[C@@H](O[C@@H]3O[C@H](COS(=O)(=O)O)[C@H](O)[C@H](O)[C@H]3O)[C@H](O[C@@H]3O[C@@H](C)[C@@H](O)[C@@H](O)[C@@H]3O)[C@H]2NC(C)=O)O[C@@H]1O. The smallest absolute Gasteiger partial charge is 0.394 e. The van der Waals surface area contributed by atoms with Crippen molar-refractivity contribution in [2.75, 3.05) is 26.4 Å². The Kier molecular flexibility index (Phi) is 18.7. The Balaban J connectivity index is 1.45. The molecule has 0 saturated carbocycles. The molecule has 31 heteroatoms. The van der Waals surface area contributed by atoms with Gasteiger partial charge in [-0.3, -0.25) is 14.1 Å². The molecule has 5 fully saturated rings. The molecule has 5 rings (SSSR count). The standard InChI is InChI=1S/C34H58N2O28S/c1-8-17(41)21(45)24(48)32(57-8)64-29-16(36-10(3)40)31(60-12(5-38)27(29)62-34-26(50)23(47)19(43)14(61-34)7-56-65(52,53)54)55-6-13-20(44)28(15(30(51)58-13)35-9(2)39)63-33-25(49)22(46)18(42)11(4-37)59-33/h8,11-34,37-38,41-51H,4-7H2,1-3H3,(H,35,39)(H,36,40)(H,52,53,54)/t8-,11+,12+,13+,14+,15+,16+,17+,18-,19-,20-,21+,22-,23-,24-,25+,26+,27+,28+,29+,30-,31+,32-,33-,34-/m0/s1. The first kappa shape index (κ1) is 53.9. The van der Waals surface area contributed by atoms with Gasteiger partial charge in [0.1, 0.15) is 116 Å². The molecule has 30 nitrogen and oxygen atoms in total. The third-order valence-corrected chi connectivity index (χ3v) is 11.7. The van der Waals surface area contributed by atoms with Crippen molar-refractivity contribution in [3.63, 3.8) is 0 Å². The summed E-state index contributed by atoms with van der Waals surface area (Å²) in [7, 11) is -5.13. The van der Waals surface area contributed by atoms with Gasteiger partial charge < -0.3 is 120 Å². The first-order valence-electron chi connectivity index (χ1n) is 20.1. The van der Waals surface area contributed by atoms with E-state index in [2.05, 4.69) is 14.8 Å². The Morgan fingerprint density at radius 1 is 0.508 bits per heavy atom. The highest BCUT2D eigenvalue weighted by molar-refractivity contribution is 7.80. The van der Waals surface area contributed by atoms with Crippen molar-refractivity contribution in [3.05, 3.63) is 0 Å². The monoisotopic (exact) mass is 974 g/mol. The Bertz CT molecular complexity index is 1670. The van der Waals surface area contributed by atoms with E-state index >= 15 is 0 Å². The number of aliphatic hydroxyl groups excluding tert-OH is 13. The van der Waals surface area contributed by atoms with Gasteiger partial charge in [0, 0.05) is 13.8 Å². The Hall–Kier alpha value is -2.07. The molecule has 16 N–H and O–H groups in total. The van der Waals surface area contributed by atoms with Crippen LogP contribution in [0.15, 0.2) is 0 Å². The predicted molar refractivity (Wildman–Crippen MR) is 199 cm³/mol. The lowest BCUT2D eigenvalue weighted by atomic mass is 9.94. The number of rotatable bonds is 16. The van der Waals surface area contributed by atoms with E-state index in [0.717, 1.165) is 13.8 Å². The van der Waals surface area contributed by atoms with Gasteiger partial charge in [-0.05, 0) is 6.92 Å². The Morgan fingerprint density at radius 2 is 0.954 bits per heavy atom. The van der Waals surface area contributed by atoms with Crippen LogP contribution in [0.1, 0.15) is 20.8 Å². The molecule has 2 amide bonds. The lowest BCUT2D eigenvalue weighted by Gasteiger charge is -2.50. The van der Waals surface area contributed by atoms with Gasteiger partial charge in [-0.25, -0.2) is 4.18 Å². The van der Waals surface area contributed by atoms with Gasteiger partial charge in [-0.2, -0.15) is 8.42 Å². The van der Waals surface area contributed by atoms with Crippen molar-refractivity contribution < 1.29 is 136 Å². The lowest BCUT2D eigenvalue weighted by Crippen LogP contribution is -2.70. The molecule has 5 aliphatic rings. The average molecular weight is 975 g/mol. The van der Waals surface area contributed by atoms with E-state index in [1.165, 1.54) is 6.92 Å². The molecule has 25 atom stereocenters. The number of amides is 2. The van der Waals surface area contributed by atoms with Gasteiger partial charge in [0.15, 0.2) is 31.5 Å². The second kappa shape index (κ2) is 22.6. The first-order valence-corrected chi connectivity index (χ1v) is 21.5. The largest absolute Gasteiger partial charge is 0.397 e. The fourth-order valence-corrected chi connectivity index (χ4v) is 8.11. The minimum Gasteiger partial charge on any atom is -0.394 e. The molecule has 0 aliphatic carbocycles. The average Bonchev–Trinajstić information content (AvgIpc) is 3.24. The molecule has 0 bridgehead atoms. The van der Waals surface area contributed by atoms with Crippen LogP contribution in [-0.2, 0) is 66.8 Å². The molecule has 0 unspecified atom stereocenters. The second-order valence-corrected chi connectivity index (χ2v) is 17.1. The van der Waals surface area contributed by atoms with E-state index in [9.17, 15) is 84.4 Å². The van der Waals surface area contributed by atoms with Crippen molar-refractivity contribution in [2.24, 2.45) is 0 Å². The summed E-state index contributed by atoms with van der Waals surface area (Å²) in [5.74, 6) is -1.61. The third kappa shape index (κ3) is 12.6. The van der Waals surface area contributed by atoms with Gasteiger partial charge in [0.2, 0.25) is 11.8 Å². The van der Waals surface area contributed by atoms with Crippen LogP contribution >= 0.6 is 0 Å². The van der Waals surface area contributed by atoms with Crippen LogP contribution in [0.3, 0.4) is 0 Å². The molecule has 5 aliphatic heterocycles. The maximum Gasteiger partial charge on any atom is 0.397 e. The minimum absolute atomic E-state index is 0.768. The van der Waals surface area contributed by atoms with Crippen LogP contribution in [0.2, 0.25) is 0 Å². The maximum atomic E-state index is 12.8. The molecular formula is C34H58N2O28S. The zero-order chi connectivity index (χ0) is 48.4. The summed E-state index contributed by atoms with van der Waals surface area (Å²) in [6.45, 7) is -0.565. The zero-order valence-corrected chi connectivity index (χ0v) is 35.5. The molecule has 378 valence electrons. The van der Waals surface area contributed by atoms with Gasteiger partial charge in [0.05, 0.1) is 32.5 Å². The molecule has 0 aromatic heterocycles. The number of carbonyl (C=O) groups is 2.